The molecule has 1 amide bonds. The molecule has 4 rings (SSSR count). The summed E-state index contributed by atoms with van der Waals surface area (Å²) in [5.74, 6) is 0.606. The minimum atomic E-state index is -0.624. The summed E-state index contributed by atoms with van der Waals surface area (Å²) in [5, 5.41) is 15.1. The monoisotopic (exact) mass is 427 g/mol. The van der Waals surface area contributed by atoms with Crippen LogP contribution in [-0.2, 0) is 11.3 Å². The van der Waals surface area contributed by atoms with Gasteiger partial charge in [0.2, 0.25) is 0 Å². The van der Waals surface area contributed by atoms with Crippen molar-refractivity contribution in [3.63, 3.8) is 0 Å². The van der Waals surface area contributed by atoms with E-state index in [1.807, 2.05) is 24.8 Å². The Balaban J connectivity index is 1.43. The van der Waals surface area contributed by atoms with Gasteiger partial charge in [0.05, 0.1) is 24.5 Å². The van der Waals surface area contributed by atoms with E-state index in [1.54, 1.807) is 28.9 Å². The first-order valence-corrected chi connectivity index (χ1v) is 10.8. The Hall–Kier alpha value is -2.87. The van der Waals surface area contributed by atoms with E-state index >= 15 is 0 Å². The van der Waals surface area contributed by atoms with Crippen molar-refractivity contribution < 1.29 is 24.2 Å². The Morgan fingerprint density at radius 1 is 1.19 bits per heavy atom. The van der Waals surface area contributed by atoms with Crippen molar-refractivity contribution in [3.05, 3.63) is 47.3 Å². The molecule has 1 aliphatic carbocycles. The SMILES string of the molecule is CCn1nc(C)cc1C(=O)N1C[C@H]2C[C@@H](Oc3cccc(C(=O)OC)c3)[C@H](O)C[C@H]2C1. The highest BCUT2D eigenvalue weighted by Gasteiger charge is 2.44. The standard InChI is InChI=1S/C23H29N3O5/c1-4-26-19(8-14(2)24-26)22(28)25-12-16-10-20(27)21(11-17(16)13-25)31-18-7-5-6-15(9-18)23(29)30-3/h5-9,16-17,20-21,27H,4,10-13H2,1-3H3/t16-,17+,20+,21+/m0/s1. The molecule has 1 aliphatic heterocycles. The zero-order valence-electron chi connectivity index (χ0n) is 18.2. The van der Waals surface area contributed by atoms with Gasteiger partial charge >= 0.3 is 5.97 Å². The largest absolute Gasteiger partial charge is 0.488 e. The molecule has 1 saturated heterocycles. The number of amides is 1. The lowest BCUT2D eigenvalue weighted by Crippen LogP contribution is -2.42. The van der Waals surface area contributed by atoms with Crippen LogP contribution in [0.1, 0.15) is 46.3 Å². The van der Waals surface area contributed by atoms with E-state index < -0.39 is 12.1 Å². The highest BCUT2D eigenvalue weighted by Crippen LogP contribution is 2.38. The van der Waals surface area contributed by atoms with Crippen LogP contribution >= 0.6 is 0 Å². The van der Waals surface area contributed by atoms with Gasteiger partial charge in [0.1, 0.15) is 17.5 Å². The van der Waals surface area contributed by atoms with Crippen LogP contribution < -0.4 is 4.74 Å². The number of likely N-dealkylation sites (tertiary alicyclic amines) is 1. The molecule has 0 unspecified atom stereocenters. The van der Waals surface area contributed by atoms with Crippen molar-refractivity contribution in [2.24, 2.45) is 11.8 Å². The fraction of sp³-hybridized carbons (Fsp3) is 0.522. The second-order valence-corrected chi connectivity index (χ2v) is 8.43. The van der Waals surface area contributed by atoms with E-state index in [1.165, 1.54) is 7.11 Å². The molecule has 166 valence electrons. The maximum absolute atomic E-state index is 13.1. The number of nitrogens with zero attached hydrogens (tertiary/aromatic N) is 3. The van der Waals surface area contributed by atoms with Crippen molar-refractivity contribution in [1.29, 1.82) is 0 Å². The van der Waals surface area contributed by atoms with Gasteiger partial charge in [0.15, 0.2) is 0 Å². The number of aromatic nitrogens is 2. The third kappa shape index (κ3) is 4.30. The molecule has 2 aliphatic rings. The molecule has 2 fully saturated rings. The second kappa shape index (κ2) is 8.70. The van der Waals surface area contributed by atoms with Crippen LogP contribution in [0.3, 0.4) is 0 Å². The first-order chi connectivity index (χ1) is 14.9. The summed E-state index contributed by atoms with van der Waals surface area (Å²) in [6.45, 7) is 5.79. The fourth-order valence-corrected chi connectivity index (χ4v) is 4.79. The molecule has 4 atom stereocenters. The summed E-state index contributed by atoms with van der Waals surface area (Å²) >= 11 is 0. The maximum atomic E-state index is 13.1. The van der Waals surface area contributed by atoms with E-state index in [0.717, 1.165) is 5.69 Å². The molecule has 1 aromatic heterocycles. The van der Waals surface area contributed by atoms with Gasteiger partial charge in [-0.25, -0.2) is 4.79 Å². The highest BCUT2D eigenvalue weighted by molar-refractivity contribution is 5.93. The minimum absolute atomic E-state index is 0.00501. The van der Waals surface area contributed by atoms with Crippen LogP contribution in [0.4, 0.5) is 0 Å². The van der Waals surface area contributed by atoms with Crippen LogP contribution in [0.2, 0.25) is 0 Å². The fourth-order valence-electron chi connectivity index (χ4n) is 4.79. The Morgan fingerprint density at radius 2 is 1.94 bits per heavy atom. The lowest BCUT2D eigenvalue weighted by Gasteiger charge is -2.35. The second-order valence-electron chi connectivity index (χ2n) is 8.43. The Bertz CT molecular complexity index is 972. The lowest BCUT2D eigenvalue weighted by atomic mass is 9.78. The molecule has 31 heavy (non-hydrogen) atoms. The predicted octanol–water partition coefficient (Wildman–Crippen LogP) is 2.29. The Labute approximate surface area is 181 Å². The number of aryl methyl sites for hydroxylation is 2. The van der Waals surface area contributed by atoms with Gasteiger partial charge in [-0.3, -0.25) is 9.48 Å². The lowest BCUT2D eigenvalue weighted by molar-refractivity contribution is -0.0231. The van der Waals surface area contributed by atoms with E-state index in [-0.39, 0.29) is 23.8 Å². The Morgan fingerprint density at radius 3 is 2.65 bits per heavy atom. The molecule has 1 aromatic carbocycles. The van der Waals surface area contributed by atoms with E-state index in [0.29, 0.717) is 49.5 Å². The molecular formula is C23H29N3O5. The number of esters is 1. The van der Waals surface area contributed by atoms with E-state index in [4.69, 9.17) is 9.47 Å². The predicted molar refractivity (Wildman–Crippen MR) is 113 cm³/mol. The topological polar surface area (TPSA) is 93.9 Å². The van der Waals surface area contributed by atoms with Crippen LogP contribution in [0, 0.1) is 18.8 Å². The van der Waals surface area contributed by atoms with E-state index in [9.17, 15) is 14.7 Å². The van der Waals surface area contributed by atoms with Crippen LogP contribution in [-0.4, -0.2) is 64.1 Å². The number of carbonyl (C=O) groups is 2. The highest BCUT2D eigenvalue weighted by atomic mass is 16.5. The first-order valence-electron chi connectivity index (χ1n) is 10.8. The number of aliphatic hydroxyl groups excluding tert-OH is 1. The van der Waals surface area contributed by atoms with Gasteiger partial charge in [0, 0.05) is 19.6 Å². The zero-order valence-corrected chi connectivity index (χ0v) is 18.2. The molecule has 2 aromatic rings. The molecular weight excluding hydrogens is 398 g/mol. The molecule has 2 heterocycles. The van der Waals surface area contributed by atoms with Crippen LogP contribution in [0.5, 0.6) is 5.75 Å². The van der Waals surface area contributed by atoms with Crippen LogP contribution in [0.15, 0.2) is 30.3 Å². The summed E-state index contributed by atoms with van der Waals surface area (Å²) in [6, 6.07) is 8.62. The first kappa shape index (κ1) is 21.4. The minimum Gasteiger partial charge on any atom is -0.488 e. The molecule has 0 bridgehead atoms. The number of aliphatic hydroxyl groups is 1. The van der Waals surface area contributed by atoms with Gasteiger partial charge in [0.25, 0.3) is 5.91 Å². The maximum Gasteiger partial charge on any atom is 0.337 e. The third-order valence-corrected chi connectivity index (χ3v) is 6.34. The van der Waals surface area contributed by atoms with Gasteiger partial charge in [-0.2, -0.15) is 5.10 Å². The van der Waals surface area contributed by atoms with Gasteiger partial charge in [-0.15, -0.1) is 0 Å². The van der Waals surface area contributed by atoms with E-state index in [2.05, 4.69) is 5.10 Å². The summed E-state index contributed by atoms with van der Waals surface area (Å²) in [6.07, 6.45) is 0.237. The summed E-state index contributed by atoms with van der Waals surface area (Å²) in [7, 11) is 1.34. The number of benzene rings is 1. The van der Waals surface area contributed by atoms with Crippen molar-refractivity contribution in [1.82, 2.24) is 14.7 Å². The molecule has 1 saturated carbocycles. The van der Waals surface area contributed by atoms with Crippen molar-refractivity contribution in [3.8, 4) is 5.75 Å². The molecule has 0 radical (unpaired) electrons. The third-order valence-electron chi connectivity index (χ3n) is 6.34. The number of methoxy groups -OCH3 is 1. The average Bonchev–Trinajstić information content (AvgIpc) is 3.35. The number of hydrogen-bond acceptors (Lipinski definition) is 6. The molecule has 1 N–H and O–H groups in total. The molecule has 8 nitrogen and oxygen atoms in total. The van der Waals surface area contributed by atoms with Gasteiger partial charge < -0.3 is 19.5 Å². The summed E-state index contributed by atoms with van der Waals surface area (Å²) < 4.78 is 12.6. The normalized spacial score (nSPS) is 25.2. The number of rotatable bonds is 5. The zero-order chi connectivity index (χ0) is 22.1. The Kier molecular flexibility index (Phi) is 6.00. The number of fused-ring (bicyclic) bond motifs is 1. The number of ether oxygens (including phenoxy) is 2. The molecule has 0 spiro atoms. The average molecular weight is 428 g/mol. The molecule has 8 heteroatoms. The van der Waals surface area contributed by atoms with Crippen molar-refractivity contribution in [2.45, 2.75) is 45.4 Å². The van der Waals surface area contributed by atoms with Crippen LogP contribution in [0.25, 0.3) is 0 Å². The van der Waals surface area contributed by atoms with Gasteiger partial charge in [-0.1, -0.05) is 6.07 Å². The number of hydrogen-bond donors (Lipinski definition) is 1. The summed E-state index contributed by atoms with van der Waals surface area (Å²) in [5.41, 5.74) is 1.86. The quantitative estimate of drug-likeness (QED) is 0.736. The summed E-state index contributed by atoms with van der Waals surface area (Å²) in [4.78, 5) is 26.7. The van der Waals surface area contributed by atoms with Gasteiger partial charge in [-0.05, 0) is 62.8 Å². The smallest absolute Gasteiger partial charge is 0.337 e. The van der Waals surface area contributed by atoms with Crippen molar-refractivity contribution >= 4 is 11.9 Å². The van der Waals surface area contributed by atoms with Crippen molar-refractivity contribution in [2.75, 3.05) is 20.2 Å². The number of carbonyl (C=O) groups excluding carboxylic acids is 2.